The zero-order valence-corrected chi connectivity index (χ0v) is 15.3. The molecule has 2 bridgehead atoms. The van der Waals surface area contributed by atoms with E-state index in [-0.39, 0.29) is 35.5 Å². The van der Waals surface area contributed by atoms with Crippen molar-refractivity contribution in [1.29, 1.82) is 0 Å². The van der Waals surface area contributed by atoms with Crippen molar-refractivity contribution < 1.29 is 4.79 Å². The first-order valence-electron chi connectivity index (χ1n) is 8.53. The van der Waals surface area contributed by atoms with Gasteiger partial charge >= 0.3 is 0 Å². The number of halogens is 1. The first-order valence-corrected chi connectivity index (χ1v) is 8.53. The van der Waals surface area contributed by atoms with Crippen molar-refractivity contribution >= 4 is 29.2 Å². The van der Waals surface area contributed by atoms with Gasteiger partial charge in [-0.25, -0.2) is 0 Å². The van der Waals surface area contributed by atoms with Gasteiger partial charge in [0.05, 0.1) is 5.52 Å². The van der Waals surface area contributed by atoms with Gasteiger partial charge in [-0.3, -0.25) is 14.3 Å². The molecule has 0 aliphatic carbocycles. The zero-order chi connectivity index (χ0) is 16.8. The molecule has 4 rings (SSSR count). The lowest BCUT2D eigenvalue weighted by Gasteiger charge is -2.36. The Hall–Kier alpha value is -1.92. The monoisotopic (exact) mass is 362 g/mol. The number of carbonyl (C=O) groups excluding carboxylic acids is 1. The Balaban J connectivity index is 0.00000182. The molecule has 25 heavy (non-hydrogen) atoms. The number of nitrogens with one attached hydrogen (secondary N) is 1. The SMILES string of the molecule is CN1[C@@H]2CC[C@H]1CC(NC(=O)c1nn(C)c3ccccc3c1=O)C2.Cl. The lowest BCUT2D eigenvalue weighted by molar-refractivity contribution is 0.0874. The summed E-state index contributed by atoms with van der Waals surface area (Å²) in [6.07, 6.45) is 4.30. The summed E-state index contributed by atoms with van der Waals surface area (Å²) in [5.74, 6) is -0.352. The van der Waals surface area contributed by atoms with Crippen molar-refractivity contribution in [2.45, 2.75) is 43.8 Å². The topological polar surface area (TPSA) is 67.2 Å². The summed E-state index contributed by atoms with van der Waals surface area (Å²) < 4.78 is 1.60. The highest BCUT2D eigenvalue weighted by Crippen LogP contribution is 2.34. The van der Waals surface area contributed by atoms with E-state index in [0.29, 0.717) is 17.5 Å². The summed E-state index contributed by atoms with van der Waals surface area (Å²) in [6, 6.07) is 8.45. The minimum atomic E-state index is -0.352. The third-order valence-electron chi connectivity index (χ3n) is 5.61. The van der Waals surface area contributed by atoms with Gasteiger partial charge in [0.2, 0.25) is 5.43 Å². The summed E-state index contributed by atoms with van der Waals surface area (Å²) in [7, 11) is 3.93. The van der Waals surface area contributed by atoms with Gasteiger partial charge in [0.1, 0.15) is 0 Å². The third-order valence-corrected chi connectivity index (χ3v) is 5.61. The van der Waals surface area contributed by atoms with Crippen molar-refractivity contribution in [1.82, 2.24) is 20.0 Å². The minimum absolute atomic E-state index is 0. The number of amides is 1. The number of rotatable bonds is 2. The molecule has 1 unspecified atom stereocenters. The van der Waals surface area contributed by atoms with Gasteiger partial charge in [0.15, 0.2) is 5.69 Å². The molecule has 1 aromatic heterocycles. The average Bonchev–Trinajstić information content (AvgIpc) is 2.80. The molecule has 2 aromatic rings. The van der Waals surface area contributed by atoms with Crippen LogP contribution in [0.1, 0.15) is 36.2 Å². The van der Waals surface area contributed by atoms with Crippen LogP contribution in [0.2, 0.25) is 0 Å². The first-order chi connectivity index (χ1) is 11.5. The van der Waals surface area contributed by atoms with Crippen LogP contribution in [0, 0.1) is 0 Å². The molecule has 1 N–H and O–H groups in total. The molecule has 0 radical (unpaired) electrons. The number of carbonyl (C=O) groups is 1. The van der Waals surface area contributed by atoms with E-state index >= 15 is 0 Å². The lowest BCUT2D eigenvalue weighted by Crippen LogP contribution is -2.49. The molecule has 6 nitrogen and oxygen atoms in total. The smallest absolute Gasteiger partial charge is 0.276 e. The molecule has 1 aromatic carbocycles. The molecular formula is C18H23ClN4O2. The predicted octanol–water partition coefficient (Wildman–Crippen LogP) is 1.71. The summed E-state index contributed by atoms with van der Waals surface area (Å²) >= 11 is 0. The largest absolute Gasteiger partial charge is 0.348 e. The highest BCUT2D eigenvalue weighted by Gasteiger charge is 2.39. The number of nitrogens with zero attached hydrogens (tertiary/aromatic N) is 3. The number of aryl methyl sites for hydroxylation is 1. The predicted molar refractivity (Wildman–Crippen MR) is 99.3 cm³/mol. The van der Waals surface area contributed by atoms with Gasteiger partial charge < -0.3 is 10.2 Å². The second kappa shape index (κ2) is 6.77. The summed E-state index contributed by atoms with van der Waals surface area (Å²) in [5.41, 5.74) is 0.427. The Morgan fingerprint density at radius 3 is 2.48 bits per heavy atom. The molecular weight excluding hydrogens is 340 g/mol. The molecule has 2 aliphatic heterocycles. The number of piperidine rings is 1. The molecule has 2 aliphatic rings. The molecule has 3 heterocycles. The normalized spacial score (nSPS) is 25.6. The Labute approximate surface area is 152 Å². The summed E-state index contributed by atoms with van der Waals surface area (Å²) in [5, 5.41) is 7.80. The fourth-order valence-electron chi connectivity index (χ4n) is 4.26. The Kier molecular flexibility index (Phi) is 4.84. The van der Waals surface area contributed by atoms with Crippen LogP contribution in [0.15, 0.2) is 29.1 Å². The van der Waals surface area contributed by atoms with Crippen molar-refractivity contribution in [3.63, 3.8) is 0 Å². The zero-order valence-electron chi connectivity index (χ0n) is 14.4. The van der Waals surface area contributed by atoms with E-state index in [1.807, 2.05) is 12.1 Å². The van der Waals surface area contributed by atoms with Crippen LogP contribution in [0.5, 0.6) is 0 Å². The maximum absolute atomic E-state index is 12.6. The number of fused-ring (bicyclic) bond motifs is 3. The molecule has 134 valence electrons. The van der Waals surface area contributed by atoms with Crippen molar-refractivity contribution in [3.8, 4) is 0 Å². The Bertz CT molecular complexity index is 852. The Morgan fingerprint density at radius 1 is 1.16 bits per heavy atom. The molecule has 3 atom stereocenters. The average molecular weight is 363 g/mol. The van der Waals surface area contributed by atoms with Gasteiger partial charge in [-0.1, -0.05) is 12.1 Å². The molecule has 2 fully saturated rings. The van der Waals surface area contributed by atoms with E-state index < -0.39 is 0 Å². The second-order valence-electron chi connectivity index (χ2n) is 7.01. The van der Waals surface area contributed by atoms with Crippen LogP contribution >= 0.6 is 12.4 Å². The van der Waals surface area contributed by atoms with Gasteiger partial charge in [0.25, 0.3) is 5.91 Å². The van der Waals surface area contributed by atoms with E-state index in [2.05, 4.69) is 22.4 Å². The molecule has 0 spiro atoms. The maximum Gasteiger partial charge on any atom is 0.276 e. The van der Waals surface area contributed by atoms with Crippen molar-refractivity contribution in [2.75, 3.05) is 7.05 Å². The highest BCUT2D eigenvalue weighted by molar-refractivity contribution is 5.95. The summed E-state index contributed by atoms with van der Waals surface area (Å²) in [6.45, 7) is 0. The second-order valence-corrected chi connectivity index (χ2v) is 7.01. The maximum atomic E-state index is 12.6. The van der Waals surface area contributed by atoms with E-state index in [4.69, 9.17) is 0 Å². The van der Waals surface area contributed by atoms with Crippen LogP contribution in [-0.2, 0) is 7.05 Å². The fraction of sp³-hybridized carbons (Fsp3) is 0.500. The third kappa shape index (κ3) is 3.04. The quantitative estimate of drug-likeness (QED) is 0.883. The lowest BCUT2D eigenvalue weighted by atomic mass is 9.98. The first kappa shape index (κ1) is 17.9. The number of aromatic nitrogens is 2. The molecule has 7 heteroatoms. The molecule has 0 saturated carbocycles. The Morgan fingerprint density at radius 2 is 1.80 bits per heavy atom. The van der Waals surface area contributed by atoms with Gasteiger partial charge in [-0.2, -0.15) is 5.10 Å². The van der Waals surface area contributed by atoms with Crippen LogP contribution in [0.25, 0.3) is 10.9 Å². The highest BCUT2D eigenvalue weighted by atomic mass is 35.5. The van der Waals surface area contributed by atoms with Crippen molar-refractivity contribution in [2.24, 2.45) is 7.05 Å². The number of benzene rings is 1. The van der Waals surface area contributed by atoms with Gasteiger partial charge in [0, 0.05) is 30.6 Å². The summed E-state index contributed by atoms with van der Waals surface area (Å²) in [4.78, 5) is 27.7. The molecule has 2 saturated heterocycles. The van der Waals surface area contributed by atoms with Crippen LogP contribution in [-0.4, -0.2) is 45.8 Å². The minimum Gasteiger partial charge on any atom is -0.348 e. The van der Waals surface area contributed by atoms with Gasteiger partial charge in [-0.15, -0.1) is 12.4 Å². The van der Waals surface area contributed by atoms with Crippen LogP contribution < -0.4 is 10.7 Å². The van der Waals surface area contributed by atoms with E-state index in [9.17, 15) is 9.59 Å². The van der Waals surface area contributed by atoms with Crippen LogP contribution in [0.4, 0.5) is 0 Å². The van der Waals surface area contributed by atoms with E-state index in [1.165, 1.54) is 12.8 Å². The fourth-order valence-corrected chi connectivity index (χ4v) is 4.26. The molecule has 1 amide bonds. The standard InChI is InChI=1S/C18H22N4O2.ClH/c1-21-12-7-8-13(21)10-11(9-12)19-18(24)16-17(23)14-5-3-4-6-15(14)22(2)20-16;/h3-6,11-13H,7-10H2,1-2H3,(H,19,24);1H/t11?,12-,13+;. The van der Waals surface area contributed by atoms with E-state index in [1.54, 1.807) is 23.9 Å². The number of hydrogen-bond donors (Lipinski definition) is 1. The number of hydrogen-bond acceptors (Lipinski definition) is 4. The van der Waals surface area contributed by atoms with Crippen LogP contribution in [0.3, 0.4) is 0 Å². The number of para-hydroxylation sites is 1. The van der Waals surface area contributed by atoms with Gasteiger partial charge in [-0.05, 0) is 44.9 Å². The van der Waals surface area contributed by atoms with Crippen molar-refractivity contribution in [3.05, 3.63) is 40.2 Å². The van der Waals surface area contributed by atoms with E-state index in [0.717, 1.165) is 18.4 Å².